The van der Waals surface area contributed by atoms with Gasteiger partial charge in [-0.05, 0) is 37.1 Å². The van der Waals surface area contributed by atoms with Gasteiger partial charge in [-0.25, -0.2) is 0 Å². The molecule has 0 spiro atoms. The van der Waals surface area contributed by atoms with Crippen molar-refractivity contribution in [3.63, 3.8) is 0 Å². The summed E-state index contributed by atoms with van der Waals surface area (Å²) in [5.41, 5.74) is 0.834. The number of benzene rings is 1. The molecule has 0 saturated carbocycles. The van der Waals surface area contributed by atoms with Crippen LogP contribution in [0.2, 0.25) is 5.02 Å². The van der Waals surface area contributed by atoms with Crippen molar-refractivity contribution in [1.29, 1.82) is 0 Å². The predicted octanol–water partition coefficient (Wildman–Crippen LogP) is 3.17. The van der Waals surface area contributed by atoms with Gasteiger partial charge < -0.3 is 4.74 Å². The van der Waals surface area contributed by atoms with Gasteiger partial charge in [0.2, 0.25) is 0 Å². The molecular weight excluding hydrogens is 282 g/mol. The topological polar surface area (TPSA) is 39.2 Å². The number of halogens is 1. The summed E-state index contributed by atoms with van der Waals surface area (Å²) >= 11 is 6.16. The Morgan fingerprint density at radius 1 is 1.26 bits per heavy atom. The Kier molecular flexibility index (Phi) is 3.82. The van der Waals surface area contributed by atoms with Gasteiger partial charge in [0, 0.05) is 34.9 Å². The normalized spacial score (nSPS) is 18.6. The number of aromatic nitrogens is 1. The third-order valence-electron chi connectivity index (χ3n) is 3.36. The number of ether oxygens (including phenoxy) is 1. The number of rotatable bonds is 2. The molecule has 0 radical (unpaired) electrons. The van der Waals surface area contributed by atoms with E-state index in [1.807, 2.05) is 18.2 Å². The molecule has 19 heavy (non-hydrogen) atoms. The molecule has 3 nitrogen and oxygen atoms in total. The molecule has 100 valence electrons. The SMILES string of the molecule is O=S(c1ccc2nccc(Cl)c2c1)C1CCOCC1. The van der Waals surface area contributed by atoms with Gasteiger partial charge in [0.15, 0.2) is 0 Å². The summed E-state index contributed by atoms with van der Waals surface area (Å²) in [6.07, 6.45) is 3.39. The highest BCUT2D eigenvalue weighted by Crippen LogP contribution is 2.26. The van der Waals surface area contributed by atoms with Crippen LogP contribution in [-0.4, -0.2) is 27.7 Å². The Bertz CT molecular complexity index is 626. The highest BCUT2D eigenvalue weighted by Gasteiger charge is 2.21. The van der Waals surface area contributed by atoms with Crippen LogP contribution < -0.4 is 0 Å². The molecule has 1 aromatic carbocycles. The van der Waals surface area contributed by atoms with E-state index in [1.165, 1.54) is 0 Å². The van der Waals surface area contributed by atoms with Crippen molar-refractivity contribution in [3.05, 3.63) is 35.5 Å². The molecule has 1 fully saturated rings. The standard InChI is InChI=1S/C14H14ClNO2S/c15-13-3-6-16-14-2-1-11(9-12(13)14)19(17)10-4-7-18-8-5-10/h1-3,6,9-10H,4-5,7-8H2. The van der Waals surface area contributed by atoms with Gasteiger partial charge in [0.25, 0.3) is 0 Å². The van der Waals surface area contributed by atoms with E-state index in [1.54, 1.807) is 12.3 Å². The molecule has 1 aromatic heterocycles. The molecule has 1 saturated heterocycles. The first kappa shape index (κ1) is 13.0. The van der Waals surface area contributed by atoms with E-state index in [2.05, 4.69) is 4.98 Å². The van der Waals surface area contributed by atoms with Crippen molar-refractivity contribution < 1.29 is 8.95 Å². The van der Waals surface area contributed by atoms with Crippen LogP contribution >= 0.6 is 11.6 Å². The molecule has 1 unspecified atom stereocenters. The minimum absolute atomic E-state index is 0.182. The third kappa shape index (κ3) is 2.66. The van der Waals surface area contributed by atoms with E-state index in [0.717, 1.165) is 28.6 Å². The molecular formula is C14H14ClNO2S. The van der Waals surface area contributed by atoms with Crippen LogP contribution in [0.4, 0.5) is 0 Å². The van der Waals surface area contributed by atoms with Gasteiger partial charge in [-0.3, -0.25) is 9.19 Å². The molecule has 1 aliphatic heterocycles. The minimum Gasteiger partial charge on any atom is -0.381 e. The van der Waals surface area contributed by atoms with Crippen molar-refractivity contribution in [2.75, 3.05) is 13.2 Å². The number of pyridine rings is 1. The van der Waals surface area contributed by atoms with Gasteiger partial charge in [0.1, 0.15) is 0 Å². The monoisotopic (exact) mass is 295 g/mol. The lowest BCUT2D eigenvalue weighted by molar-refractivity contribution is 0.0992. The zero-order chi connectivity index (χ0) is 13.2. The van der Waals surface area contributed by atoms with E-state index in [-0.39, 0.29) is 5.25 Å². The van der Waals surface area contributed by atoms with Crippen molar-refractivity contribution in [2.24, 2.45) is 0 Å². The fraction of sp³-hybridized carbons (Fsp3) is 0.357. The van der Waals surface area contributed by atoms with E-state index in [0.29, 0.717) is 18.2 Å². The van der Waals surface area contributed by atoms with E-state index >= 15 is 0 Å². The van der Waals surface area contributed by atoms with Crippen LogP contribution in [0, 0.1) is 0 Å². The summed E-state index contributed by atoms with van der Waals surface area (Å²) in [7, 11) is -1.00. The number of hydrogen-bond acceptors (Lipinski definition) is 3. The highest BCUT2D eigenvalue weighted by atomic mass is 35.5. The van der Waals surface area contributed by atoms with Gasteiger partial charge in [-0.15, -0.1) is 0 Å². The van der Waals surface area contributed by atoms with Crippen molar-refractivity contribution >= 4 is 33.3 Å². The Morgan fingerprint density at radius 3 is 2.84 bits per heavy atom. The maximum atomic E-state index is 12.5. The van der Waals surface area contributed by atoms with Gasteiger partial charge in [0.05, 0.1) is 21.3 Å². The average molecular weight is 296 g/mol. The number of nitrogens with zero attached hydrogens (tertiary/aromatic N) is 1. The summed E-state index contributed by atoms with van der Waals surface area (Å²) < 4.78 is 17.9. The molecule has 0 N–H and O–H groups in total. The second-order valence-corrected chi connectivity index (χ2v) is 6.72. The Labute approximate surface area is 119 Å². The minimum atomic E-state index is -1.00. The van der Waals surface area contributed by atoms with Crippen LogP contribution in [0.25, 0.3) is 10.9 Å². The molecule has 0 aliphatic carbocycles. The summed E-state index contributed by atoms with van der Waals surface area (Å²) in [6, 6.07) is 7.42. The highest BCUT2D eigenvalue weighted by molar-refractivity contribution is 7.85. The first-order valence-electron chi connectivity index (χ1n) is 6.28. The molecule has 0 bridgehead atoms. The van der Waals surface area contributed by atoms with E-state index in [9.17, 15) is 4.21 Å². The van der Waals surface area contributed by atoms with E-state index in [4.69, 9.17) is 16.3 Å². The quantitative estimate of drug-likeness (QED) is 0.854. The first-order valence-corrected chi connectivity index (χ1v) is 7.87. The van der Waals surface area contributed by atoms with Crippen LogP contribution in [-0.2, 0) is 15.5 Å². The second kappa shape index (κ2) is 5.57. The van der Waals surface area contributed by atoms with Crippen LogP contribution in [0.15, 0.2) is 35.4 Å². The number of fused-ring (bicyclic) bond motifs is 1. The Hall–Kier alpha value is -0.970. The maximum Gasteiger partial charge on any atom is 0.0717 e. The first-order chi connectivity index (χ1) is 9.25. The smallest absolute Gasteiger partial charge is 0.0717 e. The Morgan fingerprint density at radius 2 is 2.05 bits per heavy atom. The van der Waals surface area contributed by atoms with Gasteiger partial charge >= 0.3 is 0 Å². The van der Waals surface area contributed by atoms with Crippen molar-refractivity contribution in [1.82, 2.24) is 4.98 Å². The predicted molar refractivity (Wildman–Crippen MR) is 77.0 cm³/mol. The summed E-state index contributed by atoms with van der Waals surface area (Å²) in [4.78, 5) is 5.08. The molecule has 3 rings (SSSR count). The molecule has 5 heteroatoms. The fourth-order valence-corrected chi connectivity index (χ4v) is 3.95. The molecule has 0 amide bonds. The fourth-order valence-electron chi connectivity index (χ4n) is 2.30. The lowest BCUT2D eigenvalue weighted by Crippen LogP contribution is -2.24. The molecule has 1 atom stereocenters. The Balaban J connectivity index is 1.96. The summed E-state index contributed by atoms with van der Waals surface area (Å²) in [6.45, 7) is 1.40. The summed E-state index contributed by atoms with van der Waals surface area (Å²) in [5, 5.41) is 1.69. The lowest BCUT2D eigenvalue weighted by atomic mass is 10.2. The maximum absolute atomic E-state index is 12.5. The summed E-state index contributed by atoms with van der Waals surface area (Å²) in [5.74, 6) is 0. The average Bonchev–Trinajstić information content (AvgIpc) is 2.47. The van der Waals surface area contributed by atoms with Crippen molar-refractivity contribution in [2.45, 2.75) is 23.0 Å². The van der Waals surface area contributed by atoms with Crippen molar-refractivity contribution in [3.8, 4) is 0 Å². The molecule has 2 heterocycles. The van der Waals surface area contributed by atoms with E-state index < -0.39 is 10.8 Å². The lowest BCUT2D eigenvalue weighted by Gasteiger charge is -2.21. The zero-order valence-corrected chi connectivity index (χ0v) is 11.9. The van der Waals surface area contributed by atoms with Crippen LogP contribution in [0.3, 0.4) is 0 Å². The third-order valence-corrected chi connectivity index (χ3v) is 5.49. The van der Waals surface area contributed by atoms with Crippen LogP contribution in [0.5, 0.6) is 0 Å². The van der Waals surface area contributed by atoms with Gasteiger partial charge in [-0.2, -0.15) is 0 Å². The zero-order valence-electron chi connectivity index (χ0n) is 10.3. The number of hydrogen-bond donors (Lipinski definition) is 0. The largest absolute Gasteiger partial charge is 0.381 e. The van der Waals surface area contributed by atoms with Gasteiger partial charge in [-0.1, -0.05) is 11.6 Å². The van der Waals surface area contributed by atoms with Crippen LogP contribution in [0.1, 0.15) is 12.8 Å². The second-order valence-electron chi connectivity index (χ2n) is 4.58. The molecule has 2 aromatic rings. The molecule has 1 aliphatic rings.